The standard InChI is InChI=1S/C18H28N8O.HI/c1-3-16-24-23-14-26(16)8-7-21-18(19-2)22-13-15-5-4-6-20-17(15)25-9-11-27-12-10-25;/h4-6,14H,3,7-13H2,1-2H3,(H2,19,21,22);1H. The van der Waals surface area contributed by atoms with E-state index >= 15 is 0 Å². The first-order valence-corrected chi connectivity index (χ1v) is 9.39. The number of halogens is 1. The van der Waals surface area contributed by atoms with Crippen LogP contribution in [-0.4, -0.2) is 65.6 Å². The minimum Gasteiger partial charge on any atom is -0.378 e. The van der Waals surface area contributed by atoms with Gasteiger partial charge in [0.2, 0.25) is 0 Å². The van der Waals surface area contributed by atoms with E-state index in [1.807, 2.05) is 12.3 Å². The number of anilines is 1. The summed E-state index contributed by atoms with van der Waals surface area (Å²) in [5.74, 6) is 2.77. The molecule has 0 unspecified atom stereocenters. The summed E-state index contributed by atoms with van der Waals surface area (Å²) in [5, 5.41) is 14.8. The molecule has 0 amide bonds. The van der Waals surface area contributed by atoms with Crippen LogP contribution in [0.3, 0.4) is 0 Å². The maximum atomic E-state index is 5.44. The fourth-order valence-corrected chi connectivity index (χ4v) is 3.06. The molecule has 1 aliphatic rings. The zero-order chi connectivity index (χ0) is 18.9. The van der Waals surface area contributed by atoms with Gasteiger partial charge in [-0.2, -0.15) is 0 Å². The van der Waals surface area contributed by atoms with Gasteiger partial charge in [-0.1, -0.05) is 13.0 Å². The highest BCUT2D eigenvalue weighted by molar-refractivity contribution is 14.0. The molecule has 0 aromatic carbocycles. The van der Waals surface area contributed by atoms with E-state index in [1.54, 1.807) is 13.4 Å². The number of aromatic nitrogens is 4. The smallest absolute Gasteiger partial charge is 0.191 e. The van der Waals surface area contributed by atoms with Gasteiger partial charge in [-0.15, -0.1) is 34.2 Å². The van der Waals surface area contributed by atoms with Gasteiger partial charge >= 0.3 is 0 Å². The minimum atomic E-state index is 0. The molecule has 2 N–H and O–H groups in total. The molecule has 1 saturated heterocycles. The van der Waals surface area contributed by atoms with Crippen molar-refractivity contribution < 1.29 is 4.74 Å². The second-order valence-corrected chi connectivity index (χ2v) is 6.23. The van der Waals surface area contributed by atoms with Crippen molar-refractivity contribution in [3.8, 4) is 0 Å². The third kappa shape index (κ3) is 6.03. The lowest BCUT2D eigenvalue weighted by Crippen LogP contribution is -2.40. The van der Waals surface area contributed by atoms with Gasteiger partial charge in [0.05, 0.1) is 13.2 Å². The molecule has 3 rings (SSSR count). The van der Waals surface area contributed by atoms with Crippen LogP contribution in [0.25, 0.3) is 0 Å². The average molecular weight is 500 g/mol. The largest absolute Gasteiger partial charge is 0.378 e. The van der Waals surface area contributed by atoms with Crippen molar-refractivity contribution in [3.05, 3.63) is 36.0 Å². The number of hydrogen-bond acceptors (Lipinski definition) is 6. The van der Waals surface area contributed by atoms with Crippen molar-refractivity contribution in [2.45, 2.75) is 26.4 Å². The van der Waals surface area contributed by atoms with Crippen LogP contribution < -0.4 is 15.5 Å². The molecule has 1 fully saturated rings. The number of rotatable bonds is 7. The topological polar surface area (TPSA) is 92.5 Å². The van der Waals surface area contributed by atoms with Crippen LogP contribution in [0, 0.1) is 0 Å². The highest BCUT2D eigenvalue weighted by Crippen LogP contribution is 2.18. The first-order chi connectivity index (χ1) is 13.3. The first-order valence-electron chi connectivity index (χ1n) is 9.39. The fourth-order valence-electron chi connectivity index (χ4n) is 3.06. The lowest BCUT2D eigenvalue weighted by Gasteiger charge is -2.29. The molecule has 0 aliphatic carbocycles. The zero-order valence-corrected chi connectivity index (χ0v) is 18.8. The van der Waals surface area contributed by atoms with Crippen molar-refractivity contribution in [1.82, 2.24) is 30.4 Å². The van der Waals surface area contributed by atoms with Gasteiger partial charge in [0.25, 0.3) is 0 Å². The Morgan fingerprint density at radius 2 is 2.11 bits per heavy atom. The van der Waals surface area contributed by atoms with Gasteiger partial charge in [0.15, 0.2) is 5.96 Å². The summed E-state index contributed by atoms with van der Waals surface area (Å²) in [7, 11) is 1.78. The second kappa shape index (κ2) is 11.8. The molecule has 28 heavy (non-hydrogen) atoms. The molecule has 0 saturated carbocycles. The third-order valence-corrected chi connectivity index (χ3v) is 4.51. The predicted octanol–water partition coefficient (Wildman–Crippen LogP) is 1.06. The van der Waals surface area contributed by atoms with Crippen LogP contribution >= 0.6 is 24.0 Å². The molecule has 154 valence electrons. The number of hydrogen-bond donors (Lipinski definition) is 2. The molecular formula is C18H29IN8O. The van der Waals surface area contributed by atoms with Crippen LogP contribution in [0.15, 0.2) is 29.6 Å². The molecular weight excluding hydrogens is 471 g/mol. The van der Waals surface area contributed by atoms with Crippen molar-refractivity contribution in [3.63, 3.8) is 0 Å². The van der Waals surface area contributed by atoms with Crippen LogP contribution in [0.2, 0.25) is 0 Å². The van der Waals surface area contributed by atoms with Crippen molar-refractivity contribution >= 4 is 35.8 Å². The zero-order valence-electron chi connectivity index (χ0n) is 16.5. The number of aryl methyl sites for hydroxylation is 1. The number of ether oxygens (including phenoxy) is 1. The summed E-state index contributed by atoms with van der Waals surface area (Å²) < 4.78 is 7.50. The van der Waals surface area contributed by atoms with E-state index in [0.29, 0.717) is 6.54 Å². The van der Waals surface area contributed by atoms with Crippen LogP contribution in [0.1, 0.15) is 18.3 Å². The summed E-state index contributed by atoms with van der Waals surface area (Å²) >= 11 is 0. The average Bonchev–Trinajstić information content (AvgIpc) is 3.19. The van der Waals surface area contributed by atoms with Gasteiger partial charge in [0.1, 0.15) is 18.0 Å². The molecule has 9 nitrogen and oxygen atoms in total. The summed E-state index contributed by atoms with van der Waals surface area (Å²) in [4.78, 5) is 11.2. The third-order valence-electron chi connectivity index (χ3n) is 4.51. The molecule has 0 radical (unpaired) electrons. The Labute approximate surface area is 183 Å². The molecule has 2 aromatic rings. The molecule has 0 spiro atoms. The number of nitrogens with zero attached hydrogens (tertiary/aromatic N) is 6. The number of morpholine rings is 1. The first kappa shape index (κ1) is 22.3. The monoisotopic (exact) mass is 500 g/mol. The van der Waals surface area contributed by atoms with E-state index in [9.17, 15) is 0 Å². The summed E-state index contributed by atoms with van der Waals surface area (Å²) in [6.45, 7) is 7.51. The van der Waals surface area contributed by atoms with Gasteiger partial charge in [-0.25, -0.2) is 4.98 Å². The van der Waals surface area contributed by atoms with Crippen LogP contribution in [0.4, 0.5) is 5.82 Å². The Hall–Kier alpha value is -1.95. The second-order valence-electron chi connectivity index (χ2n) is 6.23. The van der Waals surface area contributed by atoms with Crippen molar-refractivity contribution in [1.29, 1.82) is 0 Å². The summed E-state index contributed by atoms with van der Waals surface area (Å²) in [5.41, 5.74) is 1.15. The van der Waals surface area contributed by atoms with Crippen LogP contribution in [-0.2, 0) is 24.2 Å². The van der Waals surface area contributed by atoms with Gasteiger partial charge in [0, 0.05) is 58.0 Å². The Morgan fingerprint density at radius 1 is 1.29 bits per heavy atom. The highest BCUT2D eigenvalue weighted by atomic mass is 127. The van der Waals surface area contributed by atoms with E-state index in [-0.39, 0.29) is 24.0 Å². The normalized spacial score (nSPS) is 14.5. The molecule has 2 aromatic heterocycles. The Kier molecular flexibility index (Phi) is 9.41. The van der Waals surface area contributed by atoms with Gasteiger partial charge < -0.3 is 24.8 Å². The number of aliphatic imine (C=N–C) groups is 1. The van der Waals surface area contributed by atoms with Gasteiger partial charge in [-0.3, -0.25) is 4.99 Å². The summed E-state index contributed by atoms with van der Waals surface area (Å²) in [6.07, 6.45) is 4.48. The van der Waals surface area contributed by atoms with E-state index < -0.39 is 0 Å². The Bertz CT molecular complexity index is 745. The lowest BCUT2D eigenvalue weighted by molar-refractivity contribution is 0.122. The van der Waals surface area contributed by atoms with E-state index in [0.717, 1.165) is 69.0 Å². The molecule has 10 heteroatoms. The Morgan fingerprint density at radius 3 is 2.86 bits per heavy atom. The minimum absolute atomic E-state index is 0. The Balaban J connectivity index is 0.00000280. The van der Waals surface area contributed by atoms with E-state index in [4.69, 9.17) is 4.74 Å². The lowest BCUT2D eigenvalue weighted by atomic mass is 10.2. The van der Waals surface area contributed by atoms with E-state index in [1.165, 1.54) is 0 Å². The number of nitrogens with one attached hydrogen (secondary N) is 2. The van der Waals surface area contributed by atoms with Crippen molar-refractivity contribution in [2.75, 3.05) is 44.8 Å². The summed E-state index contributed by atoms with van der Waals surface area (Å²) in [6, 6.07) is 4.07. The molecule has 0 bridgehead atoms. The van der Waals surface area contributed by atoms with Crippen molar-refractivity contribution in [2.24, 2.45) is 4.99 Å². The quantitative estimate of drug-likeness (QED) is 0.334. The molecule has 1 aliphatic heterocycles. The van der Waals surface area contributed by atoms with Gasteiger partial charge in [-0.05, 0) is 6.07 Å². The molecule has 3 heterocycles. The fraction of sp³-hybridized carbons (Fsp3) is 0.556. The maximum Gasteiger partial charge on any atom is 0.191 e. The van der Waals surface area contributed by atoms with Crippen LogP contribution in [0.5, 0.6) is 0 Å². The number of pyridine rings is 1. The van der Waals surface area contributed by atoms with E-state index in [2.05, 4.69) is 53.3 Å². The maximum absolute atomic E-state index is 5.44. The predicted molar refractivity (Wildman–Crippen MR) is 120 cm³/mol. The highest BCUT2D eigenvalue weighted by Gasteiger charge is 2.15. The molecule has 0 atom stereocenters. The SMILES string of the molecule is CCc1nncn1CCNC(=NC)NCc1cccnc1N1CCOCC1.I. The number of guanidine groups is 1.